The van der Waals surface area contributed by atoms with Crippen LogP contribution >= 0.6 is 0 Å². The predicted octanol–water partition coefficient (Wildman–Crippen LogP) is 3.29. The summed E-state index contributed by atoms with van der Waals surface area (Å²) >= 11 is 0. The van der Waals surface area contributed by atoms with Gasteiger partial charge in [0.2, 0.25) is 18.1 Å². The first-order valence-electron chi connectivity index (χ1n) is 10.8. The Labute approximate surface area is 191 Å². The number of halogens is 1. The normalized spacial score (nSPS) is 20.4. The van der Waals surface area contributed by atoms with E-state index >= 15 is 0 Å². The van der Waals surface area contributed by atoms with Crippen LogP contribution in [0.25, 0.3) is 22.6 Å². The van der Waals surface area contributed by atoms with Crippen molar-refractivity contribution in [2.75, 3.05) is 32.1 Å². The molecule has 1 fully saturated rings. The molecule has 1 amide bonds. The molecule has 33 heavy (non-hydrogen) atoms. The Balaban J connectivity index is 1.63. The molecule has 9 nitrogen and oxygen atoms in total. The van der Waals surface area contributed by atoms with Crippen molar-refractivity contribution >= 4 is 11.9 Å². The lowest BCUT2D eigenvalue weighted by molar-refractivity contribution is -0.231. The quantitative estimate of drug-likeness (QED) is 0.502. The molecule has 174 valence electrons. The Morgan fingerprint density at radius 3 is 2.61 bits per heavy atom. The third kappa shape index (κ3) is 4.86. The number of hydrogen-bond acceptors (Lipinski definition) is 7. The van der Waals surface area contributed by atoms with Crippen LogP contribution in [0.5, 0.6) is 0 Å². The maximum absolute atomic E-state index is 13.5. The number of nitrogens with one attached hydrogen (secondary N) is 3. The number of ether oxygens (including phenoxy) is 2. The molecule has 1 aliphatic rings. The van der Waals surface area contributed by atoms with Gasteiger partial charge in [-0.25, -0.2) is 19.3 Å². The molecule has 1 aromatic carbocycles. The second-order valence-electron chi connectivity index (χ2n) is 8.14. The molecular weight excluding hydrogens is 427 g/mol. The Morgan fingerprint density at radius 2 is 1.94 bits per heavy atom. The summed E-state index contributed by atoms with van der Waals surface area (Å²) in [6.07, 6.45) is 1.71. The average Bonchev–Trinajstić information content (AvgIpc) is 3.29. The molecule has 10 heteroatoms. The monoisotopic (exact) mass is 454 g/mol. The number of anilines is 1. The predicted molar refractivity (Wildman–Crippen MR) is 121 cm³/mol. The number of aromatic amines is 1. The zero-order chi connectivity index (χ0) is 23.4. The number of imidazole rings is 1. The molecule has 3 N–H and O–H groups in total. The van der Waals surface area contributed by atoms with E-state index in [-0.39, 0.29) is 24.9 Å². The summed E-state index contributed by atoms with van der Waals surface area (Å²) in [7, 11) is 1.73. The molecule has 0 bridgehead atoms. The van der Waals surface area contributed by atoms with E-state index in [1.807, 2.05) is 13.8 Å². The second-order valence-corrected chi connectivity index (χ2v) is 8.14. The van der Waals surface area contributed by atoms with E-state index in [0.717, 1.165) is 6.42 Å². The van der Waals surface area contributed by atoms with Crippen molar-refractivity contribution in [2.24, 2.45) is 5.41 Å². The van der Waals surface area contributed by atoms with Gasteiger partial charge in [-0.3, -0.25) is 4.79 Å². The average molecular weight is 455 g/mol. The number of carbonyl (C=O) groups is 1. The minimum Gasteiger partial charge on any atom is -0.357 e. The van der Waals surface area contributed by atoms with Crippen LogP contribution in [0, 0.1) is 11.2 Å². The number of amides is 1. The van der Waals surface area contributed by atoms with Crippen molar-refractivity contribution in [3.8, 4) is 22.6 Å². The highest BCUT2D eigenvalue weighted by atomic mass is 19.1. The molecule has 2 aromatic heterocycles. The fourth-order valence-electron chi connectivity index (χ4n) is 3.47. The van der Waals surface area contributed by atoms with Crippen LogP contribution in [0.15, 0.2) is 36.5 Å². The van der Waals surface area contributed by atoms with Gasteiger partial charge in [-0.2, -0.15) is 0 Å². The molecule has 1 saturated heterocycles. The van der Waals surface area contributed by atoms with E-state index in [9.17, 15) is 9.18 Å². The van der Waals surface area contributed by atoms with Crippen LogP contribution in [0.3, 0.4) is 0 Å². The summed E-state index contributed by atoms with van der Waals surface area (Å²) in [4.78, 5) is 29.1. The van der Waals surface area contributed by atoms with Gasteiger partial charge in [0.25, 0.3) is 0 Å². The maximum atomic E-state index is 13.5. The van der Waals surface area contributed by atoms with Gasteiger partial charge in [-0.15, -0.1) is 0 Å². The maximum Gasteiger partial charge on any atom is 0.230 e. The molecule has 0 saturated carbocycles. The number of H-pyrrole nitrogens is 1. The first-order chi connectivity index (χ1) is 15.9. The largest absolute Gasteiger partial charge is 0.357 e. The first kappa shape index (κ1) is 22.8. The third-order valence-corrected chi connectivity index (χ3v) is 5.39. The lowest BCUT2D eigenvalue weighted by atomic mass is 9.91. The van der Waals surface area contributed by atoms with Crippen LogP contribution < -0.4 is 10.6 Å². The van der Waals surface area contributed by atoms with Gasteiger partial charge in [0.05, 0.1) is 35.7 Å². The second kappa shape index (κ2) is 9.63. The Bertz CT molecular complexity index is 1110. The first-order valence-corrected chi connectivity index (χ1v) is 10.8. The van der Waals surface area contributed by atoms with Gasteiger partial charge < -0.3 is 25.1 Å². The molecule has 3 heterocycles. The van der Waals surface area contributed by atoms with Crippen molar-refractivity contribution in [3.05, 3.63) is 48.2 Å². The van der Waals surface area contributed by atoms with Gasteiger partial charge in [0, 0.05) is 25.4 Å². The van der Waals surface area contributed by atoms with Crippen molar-refractivity contribution < 1.29 is 18.7 Å². The lowest BCUT2D eigenvalue weighted by Crippen LogP contribution is -2.48. The topological polar surface area (TPSA) is 114 Å². The van der Waals surface area contributed by atoms with Crippen LogP contribution in [0.4, 0.5) is 10.3 Å². The third-order valence-electron chi connectivity index (χ3n) is 5.39. The highest BCUT2D eigenvalue weighted by molar-refractivity contribution is 5.82. The molecule has 0 unspecified atom stereocenters. The summed E-state index contributed by atoms with van der Waals surface area (Å²) < 4.78 is 25.3. The highest BCUT2D eigenvalue weighted by Gasteiger charge is 2.40. The number of carbonyl (C=O) groups excluding carboxylic acids is 1. The van der Waals surface area contributed by atoms with E-state index in [2.05, 4.69) is 25.6 Å². The number of hydrogen-bond donors (Lipinski definition) is 3. The zero-order valence-corrected chi connectivity index (χ0v) is 18.8. The Morgan fingerprint density at radius 1 is 1.21 bits per heavy atom. The van der Waals surface area contributed by atoms with Crippen molar-refractivity contribution in [3.63, 3.8) is 0 Å². The summed E-state index contributed by atoms with van der Waals surface area (Å²) in [5.74, 6) is 0.448. The van der Waals surface area contributed by atoms with E-state index < -0.39 is 11.7 Å². The lowest BCUT2D eigenvalue weighted by Gasteiger charge is -2.35. The molecule has 0 atom stereocenters. The van der Waals surface area contributed by atoms with Crippen LogP contribution in [-0.4, -0.2) is 52.6 Å². The number of nitrogens with zero attached hydrogens (tertiary/aromatic N) is 3. The van der Waals surface area contributed by atoms with Gasteiger partial charge in [-0.05, 0) is 43.7 Å². The van der Waals surface area contributed by atoms with Gasteiger partial charge >= 0.3 is 0 Å². The summed E-state index contributed by atoms with van der Waals surface area (Å²) in [5.41, 5.74) is 1.73. The van der Waals surface area contributed by atoms with Gasteiger partial charge in [0.1, 0.15) is 5.82 Å². The number of benzene rings is 1. The molecule has 0 radical (unpaired) electrons. The molecular formula is C23H27FN6O3. The molecule has 1 aliphatic heterocycles. The number of aromatic nitrogens is 4. The molecule has 3 aromatic rings. The van der Waals surface area contributed by atoms with E-state index in [1.54, 1.807) is 31.4 Å². The molecule has 0 aliphatic carbocycles. The fraction of sp³-hybridized carbons (Fsp3) is 0.391. The summed E-state index contributed by atoms with van der Waals surface area (Å²) in [5, 5.41) is 5.81. The standard InChI is InChI=1S/C23H27FN6O3/c1-4-10-26-21(31)23(2)12-32-20(33-13-23)19-29-17(14-5-7-15(24)8-6-14)18(30-19)16-9-11-27-22(25-3)28-16/h5-9,11,20H,4,10,12-13H2,1-3H3,(H,26,31)(H,29,30)(H,25,27,28). The highest BCUT2D eigenvalue weighted by Crippen LogP contribution is 2.35. The summed E-state index contributed by atoms with van der Waals surface area (Å²) in [6, 6.07) is 7.80. The minimum atomic E-state index is -0.783. The van der Waals surface area contributed by atoms with Crippen molar-refractivity contribution in [1.82, 2.24) is 25.3 Å². The Hall–Kier alpha value is -3.37. The van der Waals surface area contributed by atoms with E-state index in [1.165, 1.54) is 12.1 Å². The van der Waals surface area contributed by atoms with Gasteiger partial charge in [0.15, 0.2) is 5.82 Å². The van der Waals surface area contributed by atoms with Crippen molar-refractivity contribution in [2.45, 2.75) is 26.6 Å². The van der Waals surface area contributed by atoms with E-state index in [4.69, 9.17) is 14.5 Å². The summed E-state index contributed by atoms with van der Waals surface area (Å²) in [6.45, 7) is 4.79. The fourth-order valence-corrected chi connectivity index (χ4v) is 3.47. The van der Waals surface area contributed by atoms with Crippen LogP contribution in [0.2, 0.25) is 0 Å². The van der Waals surface area contributed by atoms with Crippen molar-refractivity contribution in [1.29, 1.82) is 0 Å². The van der Waals surface area contributed by atoms with Crippen LogP contribution in [0.1, 0.15) is 32.4 Å². The molecule has 0 spiro atoms. The minimum absolute atomic E-state index is 0.101. The number of rotatable bonds is 7. The Kier molecular flexibility index (Phi) is 6.66. The smallest absolute Gasteiger partial charge is 0.230 e. The van der Waals surface area contributed by atoms with Gasteiger partial charge in [-0.1, -0.05) is 6.92 Å². The van der Waals surface area contributed by atoms with Crippen LogP contribution in [-0.2, 0) is 14.3 Å². The zero-order valence-electron chi connectivity index (χ0n) is 18.8. The SMILES string of the molecule is CCCNC(=O)C1(C)COC(c2nc(-c3ccc(F)cc3)c(-c3ccnc(NC)n3)[nH]2)OC1. The van der Waals surface area contributed by atoms with E-state index in [0.29, 0.717) is 41.0 Å². The molecule has 4 rings (SSSR count).